The van der Waals surface area contributed by atoms with Crippen molar-refractivity contribution in [1.29, 1.82) is 5.26 Å². The fourth-order valence-electron chi connectivity index (χ4n) is 4.03. The van der Waals surface area contributed by atoms with Crippen LogP contribution in [0.5, 0.6) is 5.75 Å². The zero-order valence-corrected chi connectivity index (χ0v) is 19.2. The van der Waals surface area contributed by atoms with Gasteiger partial charge in [0, 0.05) is 13.1 Å². The summed E-state index contributed by atoms with van der Waals surface area (Å²) in [6.45, 7) is 0.263. The number of ether oxygens (including phenoxy) is 1. The number of hydrogen-bond acceptors (Lipinski definition) is 6. The van der Waals surface area contributed by atoms with Crippen molar-refractivity contribution in [3.05, 3.63) is 35.1 Å². The lowest BCUT2D eigenvalue weighted by Crippen LogP contribution is -2.50. The van der Waals surface area contributed by atoms with Crippen molar-refractivity contribution in [2.24, 2.45) is 0 Å². The zero-order chi connectivity index (χ0) is 21.8. The van der Waals surface area contributed by atoms with Crippen LogP contribution in [0.1, 0.15) is 56.8 Å². The molecule has 0 unspecified atom stereocenters. The summed E-state index contributed by atoms with van der Waals surface area (Å²) in [5.74, 6) is 1.52. The van der Waals surface area contributed by atoms with Crippen molar-refractivity contribution in [3.8, 4) is 11.8 Å². The molecule has 2 fully saturated rings. The van der Waals surface area contributed by atoms with Gasteiger partial charge in [0.05, 0.1) is 16.8 Å². The first-order valence-electron chi connectivity index (χ1n) is 10.7. The number of amides is 1. The van der Waals surface area contributed by atoms with Gasteiger partial charge in [0.25, 0.3) is 0 Å². The molecule has 4 rings (SSSR count). The van der Waals surface area contributed by atoms with E-state index in [-0.39, 0.29) is 18.3 Å². The Balaban J connectivity index is 1.41. The number of carbonyl (C=O) groups excluding carboxylic acids is 1. The van der Waals surface area contributed by atoms with Crippen molar-refractivity contribution >= 4 is 29.3 Å². The Morgan fingerprint density at radius 3 is 2.74 bits per heavy atom. The van der Waals surface area contributed by atoms with Gasteiger partial charge in [0.15, 0.2) is 11.0 Å². The molecule has 0 saturated heterocycles. The molecular formula is C22H26ClN5O2S. The number of nitrogens with zero attached hydrogens (tertiary/aromatic N) is 5. The Labute approximate surface area is 191 Å². The largest absolute Gasteiger partial charge is 0.484 e. The number of nitriles is 1. The van der Waals surface area contributed by atoms with Crippen molar-refractivity contribution in [2.45, 2.75) is 68.3 Å². The fraction of sp³-hybridized carbons (Fsp3) is 0.545. The number of carbonyl (C=O) groups is 1. The third-order valence-electron chi connectivity index (χ3n) is 6.07. The zero-order valence-electron chi connectivity index (χ0n) is 17.6. The Morgan fingerprint density at radius 1 is 1.32 bits per heavy atom. The summed E-state index contributed by atoms with van der Waals surface area (Å²) >= 11 is 7.55. The van der Waals surface area contributed by atoms with Crippen LogP contribution in [0.25, 0.3) is 0 Å². The van der Waals surface area contributed by atoms with Gasteiger partial charge in [-0.3, -0.25) is 9.36 Å². The maximum Gasteiger partial charge on any atom is 0.234 e. The third-order valence-corrected chi connectivity index (χ3v) is 7.31. The minimum absolute atomic E-state index is 0.0485. The molecule has 0 radical (unpaired) electrons. The van der Waals surface area contributed by atoms with Gasteiger partial charge in [-0.05, 0) is 37.8 Å². The van der Waals surface area contributed by atoms with E-state index in [1.165, 1.54) is 11.8 Å². The van der Waals surface area contributed by atoms with Gasteiger partial charge in [0.2, 0.25) is 5.91 Å². The van der Waals surface area contributed by atoms with Gasteiger partial charge >= 0.3 is 0 Å². The number of aromatic nitrogens is 3. The summed E-state index contributed by atoms with van der Waals surface area (Å²) in [6.07, 6.45) is 6.73. The number of para-hydroxylation sites is 1. The average Bonchev–Trinajstić information content (AvgIpc) is 3.56. The molecule has 2 saturated carbocycles. The minimum atomic E-state index is -0.673. The maximum absolute atomic E-state index is 12.9. The van der Waals surface area contributed by atoms with Gasteiger partial charge in [-0.25, -0.2) is 0 Å². The predicted molar refractivity (Wildman–Crippen MR) is 119 cm³/mol. The second-order valence-electron chi connectivity index (χ2n) is 8.16. The molecule has 0 atom stereocenters. The molecule has 2 aliphatic rings. The van der Waals surface area contributed by atoms with Crippen LogP contribution >= 0.6 is 23.4 Å². The van der Waals surface area contributed by atoms with Crippen molar-refractivity contribution in [1.82, 2.24) is 19.7 Å². The lowest BCUT2D eigenvalue weighted by atomic mass is 9.81. The van der Waals surface area contributed by atoms with Gasteiger partial charge in [-0.15, -0.1) is 10.2 Å². The maximum atomic E-state index is 12.9. The van der Waals surface area contributed by atoms with Crippen LogP contribution < -0.4 is 4.74 Å². The van der Waals surface area contributed by atoms with Gasteiger partial charge in [-0.1, -0.05) is 54.8 Å². The summed E-state index contributed by atoms with van der Waals surface area (Å²) in [5, 5.41) is 19.7. The van der Waals surface area contributed by atoms with Crippen LogP contribution in [-0.4, -0.2) is 43.9 Å². The lowest BCUT2D eigenvalue weighted by Gasteiger charge is -2.39. The van der Waals surface area contributed by atoms with E-state index in [0.29, 0.717) is 16.8 Å². The van der Waals surface area contributed by atoms with E-state index in [2.05, 4.69) is 20.8 Å². The summed E-state index contributed by atoms with van der Waals surface area (Å²) < 4.78 is 7.93. The van der Waals surface area contributed by atoms with Crippen LogP contribution in [-0.2, 0) is 11.4 Å². The highest BCUT2D eigenvalue weighted by Crippen LogP contribution is 2.39. The highest BCUT2D eigenvalue weighted by molar-refractivity contribution is 7.99. The quantitative estimate of drug-likeness (QED) is 0.535. The van der Waals surface area contributed by atoms with E-state index < -0.39 is 5.54 Å². The van der Waals surface area contributed by atoms with Gasteiger partial charge in [-0.2, -0.15) is 5.26 Å². The number of hydrogen-bond donors (Lipinski definition) is 0. The van der Waals surface area contributed by atoms with Crippen LogP contribution in [0, 0.1) is 11.3 Å². The Hall–Kier alpha value is -2.24. The van der Waals surface area contributed by atoms with Crippen LogP contribution in [0.15, 0.2) is 29.4 Å². The molecule has 7 nitrogen and oxygen atoms in total. The smallest absolute Gasteiger partial charge is 0.234 e. The van der Waals surface area contributed by atoms with E-state index in [1.54, 1.807) is 18.0 Å². The molecule has 1 aromatic heterocycles. The number of thioether (sulfide) groups is 1. The molecule has 0 bridgehead atoms. The van der Waals surface area contributed by atoms with E-state index in [9.17, 15) is 10.1 Å². The predicted octanol–water partition coefficient (Wildman–Crippen LogP) is 4.62. The van der Waals surface area contributed by atoms with E-state index >= 15 is 0 Å². The summed E-state index contributed by atoms with van der Waals surface area (Å²) in [7, 11) is 1.76. The monoisotopic (exact) mass is 459 g/mol. The van der Waals surface area contributed by atoms with Crippen LogP contribution in [0.4, 0.5) is 0 Å². The highest BCUT2D eigenvalue weighted by atomic mass is 35.5. The molecule has 164 valence electrons. The van der Waals surface area contributed by atoms with E-state index in [0.717, 1.165) is 55.9 Å². The average molecular weight is 460 g/mol. The fourth-order valence-corrected chi connectivity index (χ4v) is 5.16. The molecule has 1 aromatic carbocycles. The number of benzene rings is 1. The third kappa shape index (κ3) is 4.83. The molecule has 1 heterocycles. The molecule has 1 amide bonds. The molecule has 0 aliphatic heterocycles. The van der Waals surface area contributed by atoms with E-state index in [4.69, 9.17) is 16.3 Å². The second kappa shape index (κ2) is 9.49. The van der Waals surface area contributed by atoms with E-state index in [1.807, 2.05) is 18.2 Å². The summed E-state index contributed by atoms with van der Waals surface area (Å²) in [6, 6.07) is 10.1. The first-order valence-corrected chi connectivity index (χ1v) is 12.0. The Kier molecular flexibility index (Phi) is 6.73. The first-order chi connectivity index (χ1) is 15.0. The molecule has 31 heavy (non-hydrogen) atoms. The van der Waals surface area contributed by atoms with Crippen LogP contribution in [0.2, 0.25) is 5.02 Å². The molecule has 2 aliphatic carbocycles. The minimum Gasteiger partial charge on any atom is -0.484 e. The molecule has 0 N–H and O–H groups in total. The topological polar surface area (TPSA) is 84.0 Å². The second-order valence-corrected chi connectivity index (χ2v) is 9.51. The Bertz CT molecular complexity index is 979. The first kappa shape index (κ1) is 22.0. The molecule has 2 aromatic rings. The summed E-state index contributed by atoms with van der Waals surface area (Å²) in [5.41, 5.74) is -0.673. The standard InChI is InChI=1S/C22H26ClN5O2S/c1-27(22(15-24)11-5-2-6-12-22)20(29)14-31-21-26-25-19(28(21)16-9-10-16)13-30-18-8-4-3-7-17(18)23/h3-4,7-8,16H,2,5-6,9-14H2,1H3. The lowest BCUT2D eigenvalue weighted by molar-refractivity contribution is -0.131. The van der Waals surface area contributed by atoms with Crippen LogP contribution in [0.3, 0.4) is 0 Å². The Morgan fingerprint density at radius 2 is 2.06 bits per heavy atom. The van der Waals surface area contributed by atoms with Gasteiger partial charge in [0.1, 0.15) is 17.9 Å². The van der Waals surface area contributed by atoms with Gasteiger partial charge < -0.3 is 9.64 Å². The van der Waals surface area contributed by atoms with Crippen molar-refractivity contribution in [2.75, 3.05) is 12.8 Å². The number of rotatable bonds is 8. The normalized spacial score (nSPS) is 17.7. The number of halogens is 1. The van der Waals surface area contributed by atoms with Crippen molar-refractivity contribution < 1.29 is 9.53 Å². The SMILES string of the molecule is CN(C(=O)CSc1nnc(COc2ccccc2Cl)n1C1CC1)C1(C#N)CCCCC1. The van der Waals surface area contributed by atoms with Crippen molar-refractivity contribution in [3.63, 3.8) is 0 Å². The molecular weight excluding hydrogens is 434 g/mol. The summed E-state index contributed by atoms with van der Waals surface area (Å²) in [4.78, 5) is 14.5. The molecule has 0 spiro atoms. The molecule has 9 heteroatoms. The highest BCUT2D eigenvalue weighted by Gasteiger charge is 2.39.